The molecule has 0 fully saturated rings. The summed E-state index contributed by atoms with van der Waals surface area (Å²) in [6.45, 7) is 0. The topological polar surface area (TPSA) is 58.8 Å². The molecule has 0 saturated heterocycles. The molecule has 0 radical (unpaired) electrons. The van der Waals surface area contributed by atoms with Gasteiger partial charge in [-0.2, -0.15) is 5.26 Å². The lowest BCUT2D eigenvalue weighted by Crippen LogP contribution is -2.32. The van der Waals surface area contributed by atoms with Crippen molar-refractivity contribution in [1.82, 2.24) is 9.97 Å². The van der Waals surface area contributed by atoms with Crippen LogP contribution in [0.15, 0.2) is 200 Å². The Kier molecular flexibility index (Phi) is 7.74. The molecule has 4 nitrogen and oxygen atoms in total. The van der Waals surface area contributed by atoms with E-state index in [0.717, 1.165) is 78.5 Å². The summed E-state index contributed by atoms with van der Waals surface area (Å²) in [7, 11) is 0. The maximum absolute atomic E-state index is 9.65. The van der Waals surface area contributed by atoms with Crippen LogP contribution in [-0.2, 0) is 5.41 Å². The van der Waals surface area contributed by atoms with Crippen molar-refractivity contribution in [3.8, 4) is 84.9 Å². The average Bonchev–Trinajstić information content (AvgIpc) is 3.59. The van der Waals surface area contributed by atoms with Crippen molar-refractivity contribution in [2.75, 3.05) is 0 Å². The number of benzene rings is 8. The second-order valence-electron chi connectivity index (χ2n) is 14.8. The molecule has 1 spiro atoms. The van der Waals surface area contributed by atoms with Gasteiger partial charge in [-0.15, -0.1) is 0 Å². The van der Waals surface area contributed by atoms with Gasteiger partial charge >= 0.3 is 0 Å². The van der Waals surface area contributed by atoms with E-state index in [2.05, 4.69) is 158 Å². The molecule has 0 amide bonds. The van der Waals surface area contributed by atoms with Gasteiger partial charge < -0.3 is 4.74 Å². The van der Waals surface area contributed by atoms with E-state index in [0.29, 0.717) is 11.4 Å². The van der Waals surface area contributed by atoms with Gasteiger partial charge in [-0.1, -0.05) is 164 Å². The van der Waals surface area contributed by atoms with Crippen molar-refractivity contribution in [2.24, 2.45) is 0 Å². The van der Waals surface area contributed by atoms with Crippen LogP contribution >= 0.6 is 0 Å². The molecule has 1 aliphatic carbocycles. The molecular weight excluding hydrogens is 707 g/mol. The SMILES string of the molecule is N#Cc1ccc(-c2cccc3c2-c2cc(-c4cc(-c5ccc(-c6ccccc6)cc5)nc(-c5ccccc5)n4)ccc2C32c3ccccc3Oc3ccccc32)cc1. The largest absolute Gasteiger partial charge is 0.457 e. The van der Waals surface area contributed by atoms with E-state index >= 15 is 0 Å². The van der Waals surface area contributed by atoms with E-state index < -0.39 is 5.41 Å². The van der Waals surface area contributed by atoms with Crippen LogP contribution < -0.4 is 4.74 Å². The Hall–Kier alpha value is -7.87. The number of aromatic nitrogens is 2. The quantitative estimate of drug-likeness (QED) is 0.176. The van der Waals surface area contributed by atoms with E-state index in [1.165, 1.54) is 16.7 Å². The number of nitrogens with zero attached hydrogens (tertiary/aromatic N) is 3. The standard InChI is InChI=1S/C54H33N3O/c55-34-35-22-24-38(25-23-35)42-16-11-19-47-52(42)43-32-41(30-31-44(43)54(47)45-17-7-9-20-50(45)58-51-21-10-8-18-46(51)54)49-33-48(56-53(57-49)40-14-5-2-6-15-40)39-28-26-37(27-29-39)36-12-3-1-4-13-36/h1-33H. The molecule has 1 aromatic heterocycles. The Bertz CT molecular complexity index is 3030. The van der Waals surface area contributed by atoms with Crippen LogP contribution in [0.4, 0.5) is 0 Å². The summed E-state index contributed by atoms with van der Waals surface area (Å²) in [4.78, 5) is 10.4. The Balaban J connectivity index is 1.15. The van der Waals surface area contributed by atoms with Crippen molar-refractivity contribution >= 4 is 0 Å². The predicted molar refractivity (Wildman–Crippen MR) is 231 cm³/mol. The summed E-state index contributed by atoms with van der Waals surface area (Å²) in [6.07, 6.45) is 0. The van der Waals surface area contributed by atoms with Gasteiger partial charge in [0.05, 0.1) is 28.4 Å². The molecule has 2 heterocycles. The van der Waals surface area contributed by atoms with Gasteiger partial charge in [-0.25, -0.2) is 9.97 Å². The fourth-order valence-corrected chi connectivity index (χ4v) is 9.00. The van der Waals surface area contributed by atoms with E-state index in [1.54, 1.807) is 0 Å². The number of fused-ring (bicyclic) bond motifs is 9. The van der Waals surface area contributed by atoms with E-state index in [9.17, 15) is 5.26 Å². The number of para-hydroxylation sites is 2. The fourth-order valence-electron chi connectivity index (χ4n) is 9.00. The molecule has 0 N–H and O–H groups in total. The highest BCUT2D eigenvalue weighted by atomic mass is 16.5. The molecule has 0 saturated carbocycles. The molecule has 4 heteroatoms. The number of rotatable bonds is 5. The summed E-state index contributed by atoms with van der Waals surface area (Å²) in [5, 5.41) is 9.65. The molecule has 1 aliphatic heterocycles. The lowest BCUT2D eigenvalue weighted by atomic mass is 9.66. The van der Waals surface area contributed by atoms with Crippen LogP contribution in [0.1, 0.15) is 27.8 Å². The highest BCUT2D eigenvalue weighted by Crippen LogP contribution is 2.63. The minimum absolute atomic E-state index is 0.631. The van der Waals surface area contributed by atoms with Gasteiger partial charge in [0.25, 0.3) is 0 Å². The first kappa shape index (κ1) is 33.5. The molecule has 9 aromatic rings. The summed E-state index contributed by atoms with van der Waals surface area (Å²) in [6, 6.07) is 71.9. The minimum Gasteiger partial charge on any atom is -0.457 e. The fraction of sp³-hybridized carbons (Fsp3) is 0.0185. The van der Waals surface area contributed by atoms with Gasteiger partial charge in [0.15, 0.2) is 5.82 Å². The Labute approximate surface area is 337 Å². The molecule has 0 unspecified atom stereocenters. The molecule has 2 aliphatic rings. The van der Waals surface area contributed by atoms with Crippen LogP contribution in [0, 0.1) is 11.3 Å². The molecular formula is C54H33N3O. The number of nitriles is 1. The Morgan fingerprint density at radius 3 is 1.60 bits per heavy atom. The van der Waals surface area contributed by atoms with Gasteiger partial charge in [0, 0.05) is 27.8 Å². The zero-order valence-corrected chi connectivity index (χ0v) is 31.3. The second-order valence-corrected chi connectivity index (χ2v) is 14.8. The van der Waals surface area contributed by atoms with Crippen LogP contribution in [0.25, 0.3) is 67.3 Å². The van der Waals surface area contributed by atoms with Crippen molar-refractivity contribution in [2.45, 2.75) is 5.41 Å². The normalized spacial score (nSPS) is 12.7. The Morgan fingerprint density at radius 1 is 0.397 bits per heavy atom. The molecule has 0 bridgehead atoms. The monoisotopic (exact) mass is 739 g/mol. The van der Waals surface area contributed by atoms with E-state index in [1.807, 2.05) is 48.5 Å². The van der Waals surface area contributed by atoms with Gasteiger partial charge in [-0.05, 0) is 80.9 Å². The molecule has 11 rings (SSSR count). The molecule has 0 atom stereocenters. The first-order valence-corrected chi connectivity index (χ1v) is 19.5. The molecule has 8 aromatic carbocycles. The predicted octanol–water partition coefficient (Wildman–Crippen LogP) is 13.2. The third-order valence-electron chi connectivity index (χ3n) is 11.6. The van der Waals surface area contributed by atoms with Crippen molar-refractivity contribution < 1.29 is 4.74 Å². The highest BCUT2D eigenvalue weighted by molar-refractivity contribution is 5.98. The molecule has 58 heavy (non-hydrogen) atoms. The van der Waals surface area contributed by atoms with Crippen molar-refractivity contribution in [3.05, 3.63) is 228 Å². The maximum atomic E-state index is 9.65. The Morgan fingerprint density at radius 2 is 0.931 bits per heavy atom. The summed E-state index contributed by atoms with van der Waals surface area (Å²) < 4.78 is 6.62. The first-order valence-electron chi connectivity index (χ1n) is 19.5. The van der Waals surface area contributed by atoms with Gasteiger partial charge in [-0.3, -0.25) is 0 Å². The van der Waals surface area contributed by atoms with Gasteiger partial charge in [0.2, 0.25) is 0 Å². The third kappa shape index (κ3) is 5.22. The zero-order chi connectivity index (χ0) is 38.6. The van der Waals surface area contributed by atoms with Gasteiger partial charge in [0.1, 0.15) is 11.5 Å². The number of hydrogen-bond donors (Lipinski definition) is 0. The van der Waals surface area contributed by atoms with E-state index in [4.69, 9.17) is 14.7 Å². The number of hydrogen-bond acceptors (Lipinski definition) is 4. The van der Waals surface area contributed by atoms with Crippen molar-refractivity contribution in [1.29, 1.82) is 5.26 Å². The minimum atomic E-state index is -0.635. The van der Waals surface area contributed by atoms with Crippen molar-refractivity contribution in [3.63, 3.8) is 0 Å². The summed E-state index contributed by atoms with van der Waals surface area (Å²) >= 11 is 0. The van der Waals surface area contributed by atoms with Crippen LogP contribution in [-0.4, -0.2) is 9.97 Å². The third-order valence-corrected chi connectivity index (χ3v) is 11.6. The zero-order valence-electron chi connectivity index (χ0n) is 31.3. The van der Waals surface area contributed by atoms with Crippen LogP contribution in [0.2, 0.25) is 0 Å². The lowest BCUT2D eigenvalue weighted by molar-refractivity contribution is 0.436. The second kappa shape index (κ2) is 13.4. The summed E-state index contributed by atoms with van der Waals surface area (Å²) in [5.41, 5.74) is 16.0. The average molecular weight is 740 g/mol. The highest BCUT2D eigenvalue weighted by Gasteiger charge is 2.51. The first-order chi connectivity index (χ1) is 28.7. The van der Waals surface area contributed by atoms with Crippen LogP contribution in [0.5, 0.6) is 11.5 Å². The smallest absolute Gasteiger partial charge is 0.160 e. The maximum Gasteiger partial charge on any atom is 0.160 e. The number of ether oxygens (including phenoxy) is 1. The molecule has 270 valence electrons. The van der Waals surface area contributed by atoms with E-state index in [-0.39, 0.29) is 0 Å². The van der Waals surface area contributed by atoms with Crippen LogP contribution in [0.3, 0.4) is 0 Å². The summed E-state index contributed by atoms with van der Waals surface area (Å²) in [5.74, 6) is 2.36. The lowest BCUT2D eigenvalue weighted by Gasteiger charge is -2.39.